The van der Waals surface area contributed by atoms with Crippen LogP contribution in [0.3, 0.4) is 0 Å². The van der Waals surface area contributed by atoms with E-state index in [4.69, 9.17) is 0 Å². The Kier molecular flexibility index (Phi) is 6.08. The van der Waals surface area contributed by atoms with Gasteiger partial charge in [-0.3, -0.25) is 14.5 Å². The van der Waals surface area contributed by atoms with E-state index in [9.17, 15) is 14.4 Å². The number of nitrogens with zero attached hydrogens (tertiary/aromatic N) is 1. The van der Waals surface area contributed by atoms with Gasteiger partial charge in [0, 0.05) is 12.1 Å². The number of rotatable bonds is 6. The topological polar surface area (TPSA) is 78.5 Å². The zero-order chi connectivity index (χ0) is 21.6. The van der Waals surface area contributed by atoms with Gasteiger partial charge in [0.1, 0.15) is 0 Å². The summed E-state index contributed by atoms with van der Waals surface area (Å²) in [7, 11) is 0. The lowest BCUT2D eigenvalue weighted by atomic mass is 10.0. The SMILES string of the molecule is O=C(NCc1ccccc1)c1cccc(CN2C(=O)C[C@@H](c3ccccc3)NC2=O)c1. The molecule has 1 heterocycles. The van der Waals surface area contributed by atoms with Gasteiger partial charge in [0.15, 0.2) is 0 Å². The molecule has 3 aromatic rings. The smallest absolute Gasteiger partial charge is 0.324 e. The van der Waals surface area contributed by atoms with Gasteiger partial charge in [-0.25, -0.2) is 4.79 Å². The molecule has 1 saturated heterocycles. The van der Waals surface area contributed by atoms with Gasteiger partial charge in [0.2, 0.25) is 5.91 Å². The summed E-state index contributed by atoms with van der Waals surface area (Å²) in [5.74, 6) is -0.444. The molecule has 0 bridgehead atoms. The van der Waals surface area contributed by atoms with Crippen molar-refractivity contribution in [3.05, 3.63) is 107 Å². The molecule has 0 radical (unpaired) electrons. The highest BCUT2D eigenvalue weighted by atomic mass is 16.2. The first-order chi connectivity index (χ1) is 15.1. The van der Waals surface area contributed by atoms with Crippen LogP contribution in [0.25, 0.3) is 0 Å². The minimum Gasteiger partial charge on any atom is -0.348 e. The average Bonchev–Trinajstić information content (AvgIpc) is 2.81. The van der Waals surface area contributed by atoms with Crippen LogP contribution in [0, 0.1) is 0 Å². The average molecular weight is 413 g/mol. The van der Waals surface area contributed by atoms with Crippen LogP contribution >= 0.6 is 0 Å². The number of nitrogens with one attached hydrogen (secondary N) is 2. The molecule has 1 fully saturated rings. The summed E-state index contributed by atoms with van der Waals surface area (Å²) in [6.45, 7) is 0.545. The van der Waals surface area contributed by atoms with Crippen molar-refractivity contribution in [2.75, 3.05) is 0 Å². The summed E-state index contributed by atoms with van der Waals surface area (Å²) >= 11 is 0. The predicted octanol–water partition coefficient (Wildman–Crippen LogP) is 3.80. The van der Waals surface area contributed by atoms with Crippen molar-refractivity contribution in [2.45, 2.75) is 25.6 Å². The molecule has 0 aliphatic carbocycles. The lowest BCUT2D eigenvalue weighted by Crippen LogP contribution is -2.50. The van der Waals surface area contributed by atoms with Crippen LogP contribution in [-0.2, 0) is 17.9 Å². The van der Waals surface area contributed by atoms with Crippen molar-refractivity contribution < 1.29 is 14.4 Å². The molecule has 31 heavy (non-hydrogen) atoms. The third kappa shape index (κ3) is 4.98. The van der Waals surface area contributed by atoms with E-state index >= 15 is 0 Å². The number of carbonyl (C=O) groups excluding carboxylic acids is 3. The van der Waals surface area contributed by atoms with Crippen LogP contribution in [-0.4, -0.2) is 22.7 Å². The first kappa shape index (κ1) is 20.3. The summed E-state index contributed by atoms with van der Waals surface area (Å²) in [6, 6.07) is 25.3. The number of hydrogen-bond donors (Lipinski definition) is 2. The number of carbonyl (C=O) groups is 3. The van der Waals surface area contributed by atoms with Crippen LogP contribution in [0.2, 0.25) is 0 Å². The van der Waals surface area contributed by atoms with E-state index in [1.54, 1.807) is 24.3 Å². The Morgan fingerprint density at radius 2 is 1.58 bits per heavy atom. The molecule has 1 atom stereocenters. The number of amides is 4. The Morgan fingerprint density at radius 3 is 2.29 bits per heavy atom. The summed E-state index contributed by atoms with van der Waals surface area (Å²) in [4.78, 5) is 39.0. The van der Waals surface area contributed by atoms with Crippen molar-refractivity contribution in [1.82, 2.24) is 15.5 Å². The molecule has 1 aliphatic heterocycles. The van der Waals surface area contributed by atoms with E-state index in [2.05, 4.69) is 10.6 Å². The Labute approximate surface area is 180 Å². The molecule has 6 heteroatoms. The zero-order valence-electron chi connectivity index (χ0n) is 17.0. The second-order valence-corrected chi connectivity index (χ2v) is 7.47. The number of imide groups is 1. The molecular weight excluding hydrogens is 390 g/mol. The van der Waals surface area contributed by atoms with Gasteiger partial charge in [-0.1, -0.05) is 72.8 Å². The van der Waals surface area contributed by atoms with Gasteiger partial charge < -0.3 is 10.6 Å². The van der Waals surface area contributed by atoms with E-state index < -0.39 is 6.03 Å². The van der Waals surface area contributed by atoms with Gasteiger partial charge in [0.25, 0.3) is 5.91 Å². The molecule has 0 saturated carbocycles. The van der Waals surface area contributed by atoms with Crippen molar-refractivity contribution >= 4 is 17.8 Å². The van der Waals surface area contributed by atoms with Crippen LogP contribution in [0.1, 0.15) is 39.5 Å². The predicted molar refractivity (Wildman–Crippen MR) is 117 cm³/mol. The molecule has 4 amide bonds. The Hall–Kier alpha value is -3.93. The summed E-state index contributed by atoms with van der Waals surface area (Å²) in [6.07, 6.45) is 0.201. The van der Waals surface area contributed by atoms with Crippen LogP contribution in [0.4, 0.5) is 4.79 Å². The van der Waals surface area contributed by atoms with Crippen molar-refractivity contribution in [2.24, 2.45) is 0 Å². The largest absolute Gasteiger partial charge is 0.348 e. The molecule has 4 rings (SSSR count). The fourth-order valence-corrected chi connectivity index (χ4v) is 3.60. The van der Waals surface area contributed by atoms with Crippen molar-refractivity contribution in [3.63, 3.8) is 0 Å². The van der Waals surface area contributed by atoms with E-state index in [0.717, 1.165) is 11.1 Å². The maximum atomic E-state index is 12.7. The summed E-state index contributed by atoms with van der Waals surface area (Å²) in [5.41, 5.74) is 3.12. The Bertz CT molecular complexity index is 1070. The number of benzene rings is 3. The second-order valence-electron chi connectivity index (χ2n) is 7.47. The zero-order valence-corrected chi connectivity index (χ0v) is 17.0. The molecule has 156 valence electrons. The fraction of sp³-hybridized carbons (Fsp3) is 0.160. The Morgan fingerprint density at radius 1 is 0.903 bits per heavy atom. The Balaban J connectivity index is 1.40. The monoisotopic (exact) mass is 413 g/mol. The normalized spacial score (nSPS) is 16.0. The van der Waals surface area contributed by atoms with E-state index in [-0.39, 0.29) is 30.8 Å². The van der Waals surface area contributed by atoms with Crippen LogP contribution in [0.5, 0.6) is 0 Å². The van der Waals surface area contributed by atoms with Gasteiger partial charge in [-0.05, 0) is 28.8 Å². The van der Waals surface area contributed by atoms with Crippen LogP contribution in [0.15, 0.2) is 84.9 Å². The molecular formula is C25H23N3O3. The first-order valence-corrected chi connectivity index (χ1v) is 10.2. The molecule has 0 spiro atoms. The first-order valence-electron chi connectivity index (χ1n) is 10.2. The maximum Gasteiger partial charge on any atom is 0.324 e. The highest BCUT2D eigenvalue weighted by Gasteiger charge is 2.32. The summed E-state index contributed by atoms with van der Waals surface area (Å²) < 4.78 is 0. The van der Waals surface area contributed by atoms with E-state index in [0.29, 0.717) is 17.7 Å². The standard InChI is InChI=1S/C25H23N3O3/c29-23-15-22(20-11-5-2-6-12-20)27-25(31)28(23)17-19-10-7-13-21(14-19)24(30)26-16-18-8-3-1-4-9-18/h1-14,22H,15-17H2,(H,26,30)(H,27,31)/t22-/m0/s1. The second kappa shape index (κ2) is 9.26. The van der Waals surface area contributed by atoms with Gasteiger partial charge >= 0.3 is 6.03 Å². The van der Waals surface area contributed by atoms with Gasteiger partial charge in [0.05, 0.1) is 19.0 Å². The molecule has 1 aliphatic rings. The maximum absolute atomic E-state index is 12.7. The molecule has 0 aromatic heterocycles. The van der Waals surface area contributed by atoms with Crippen molar-refractivity contribution in [1.29, 1.82) is 0 Å². The highest BCUT2D eigenvalue weighted by molar-refractivity contribution is 5.97. The molecule has 3 aromatic carbocycles. The molecule has 6 nitrogen and oxygen atoms in total. The van der Waals surface area contributed by atoms with Crippen LogP contribution < -0.4 is 10.6 Å². The van der Waals surface area contributed by atoms with Gasteiger partial charge in [-0.2, -0.15) is 0 Å². The fourth-order valence-electron chi connectivity index (χ4n) is 3.60. The number of hydrogen-bond acceptors (Lipinski definition) is 3. The molecule has 2 N–H and O–H groups in total. The number of urea groups is 1. The third-order valence-corrected chi connectivity index (χ3v) is 5.25. The quantitative estimate of drug-likeness (QED) is 0.645. The van der Waals surface area contributed by atoms with Crippen molar-refractivity contribution in [3.8, 4) is 0 Å². The summed E-state index contributed by atoms with van der Waals surface area (Å²) in [5, 5.41) is 5.78. The highest BCUT2D eigenvalue weighted by Crippen LogP contribution is 2.23. The van der Waals surface area contributed by atoms with Gasteiger partial charge in [-0.15, -0.1) is 0 Å². The lowest BCUT2D eigenvalue weighted by molar-refractivity contribution is -0.130. The minimum absolute atomic E-state index is 0.117. The molecule has 0 unspecified atom stereocenters. The van der Waals surface area contributed by atoms with E-state index in [1.165, 1.54) is 4.90 Å². The third-order valence-electron chi connectivity index (χ3n) is 5.25. The van der Waals surface area contributed by atoms with E-state index in [1.807, 2.05) is 60.7 Å². The minimum atomic E-state index is -0.427. The lowest BCUT2D eigenvalue weighted by Gasteiger charge is -2.31.